The molecule has 2 rings (SSSR count). The first kappa shape index (κ1) is 12.6. The molecule has 94 valence electrons. The number of hydrogen-bond donors (Lipinski definition) is 2. The van der Waals surface area contributed by atoms with E-state index in [4.69, 9.17) is 10.5 Å². The molecule has 0 amide bonds. The second kappa shape index (κ2) is 5.63. The number of ether oxygens (including phenoxy) is 1. The van der Waals surface area contributed by atoms with Crippen LogP contribution in [0.25, 0.3) is 0 Å². The third kappa shape index (κ3) is 3.28. The van der Waals surface area contributed by atoms with Gasteiger partial charge >= 0.3 is 0 Å². The minimum absolute atomic E-state index is 0.418. The van der Waals surface area contributed by atoms with Gasteiger partial charge in [0.25, 0.3) is 0 Å². The van der Waals surface area contributed by atoms with E-state index >= 15 is 0 Å². The number of benzene rings is 1. The summed E-state index contributed by atoms with van der Waals surface area (Å²) in [4.78, 5) is 0. The number of hydrogen-bond acceptors (Lipinski definition) is 3. The number of rotatable bonds is 4. The normalized spacial score (nSPS) is 21.1. The van der Waals surface area contributed by atoms with Gasteiger partial charge < -0.3 is 15.6 Å². The van der Waals surface area contributed by atoms with Crippen molar-refractivity contribution in [2.75, 3.05) is 0 Å². The van der Waals surface area contributed by atoms with Gasteiger partial charge in [-0.1, -0.05) is 49.6 Å². The van der Waals surface area contributed by atoms with Crippen LogP contribution in [0.3, 0.4) is 0 Å². The molecule has 3 nitrogen and oxygen atoms in total. The maximum atomic E-state index is 10.0. The Kier molecular flexibility index (Phi) is 4.15. The fourth-order valence-electron chi connectivity index (χ4n) is 2.37. The first-order chi connectivity index (χ1) is 8.21. The van der Waals surface area contributed by atoms with Crippen LogP contribution in [0, 0.1) is 0 Å². The molecule has 1 aliphatic carbocycles. The van der Waals surface area contributed by atoms with Crippen molar-refractivity contribution in [3.63, 3.8) is 0 Å². The lowest BCUT2D eigenvalue weighted by Gasteiger charge is -2.37. The molecule has 3 N–H and O–H groups in total. The molecule has 0 radical (unpaired) electrons. The topological polar surface area (TPSA) is 55.5 Å². The highest BCUT2D eigenvalue weighted by molar-refractivity contribution is 5.13. The lowest BCUT2D eigenvalue weighted by molar-refractivity contribution is -0.158. The van der Waals surface area contributed by atoms with Crippen LogP contribution in [0.2, 0.25) is 0 Å². The van der Waals surface area contributed by atoms with Gasteiger partial charge in [0, 0.05) is 0 Å². The zero-order chi connectivity index (χ0) is 12.1. The molecule has 17 heavy (non-hydrogen) atoms. The minimum Gasteiger partial charge on any atom is -0.366 e. The van der Waals surface area contributed by atoms with Crippen LogP contribution < -0.4 is 5.73 Å². The van der Waals surface area contributed by atoms with Crippen LogP contribution in [0.1, 0.15) is 37.7 Å². The van der Waals surface area contributed by atoms with Crippen molar-refractivity contribution in [2.24, 2.45) is 5.73 Å². The van der Waals surface area contributed by atoms with Crippen LogP contribution in [-0.4, -0.2) is 16.9 Å². The molecule has 0 heterocycles. The summed E-state index contributed by atoms with van der Waals surface area (Å²) in [6.45, 7) is 0.418. The first-order valence-electron chi connectivity index (χ1n) is 6.33. The highest BCUT2D eigenvalue weighted by Crippen LogP contribution is 2.29. The van der Waals surface area contributed by atoms with Gasteiger partial charge in [0.05, 0.1) is 12.1 Å². The van der Waals surface area contributed by atoms with E-state index in [2.05, 4.69) is 0 Å². The Morgan fingerprint density at radius 3 is 2.47 bits per heavy atom. The van der Waals surface area contributed by atoms with Crippen LogP contribution in [0.5, 0.6) is 0 Å². The third-order valence-electron chi connectivity index (χ3n) is 3.53. The van der Waals surface area contributed by atoms with Crippen molar-refractivity contribution in [3.8, 4) is 0 Å². The predicted octanol–water partition coefficient (Wildman–Crippen LogP) is 2.18. The van der Waals surface area contributed by atoms with E-state index in [9.17, 15) is 5.11 Å². The highest BCUT2D eigenvalue weighted by Gasteiger charge is 2.35. The number of nitrogens with two attached hydrogens (primary N) is 1. The Balaban J connectivity index is 1.86. The monoisotopic (exact) mass is 235 g/mol. The average Bonchev–Trinajstić information content (AvgIpc) is 2.38. The van der Waals surface area contributed by atoms with Gasteiger partial charge in [0.1, 0.15) is 0 Å². The van der Waals surface area contributed by atoms with E-state index in [1.807, 2.05) is 30.3 Å². The zero-order valence-electron chi connectivity index (χ0n) is 10.1. The van der Waals surface area contributed by atoms with Gasteiger partial charge in [-0.15, -0.1) is 0 Å². The SMILES string of the molecule is NC1(C(O)OCc2ccccc2)CCCCC1. The van der Waals surface area contributed by atoms with E-state index in [1.165, 1.54) is 6.42 Å². The second-order valence-electron chi connectivity index (χ2n) is 4.94. The lowest BCUT2D eigenvalue weighted by Crippen LogP contribution is -2.53. The summed E-state index contributed by atoms with van der Waals surface area (Å²) >= 11 is 0. The van der Waals surface area contributed by atoms with Gasteiger partial charge in [-0.2, -0.15) is 0 Å². The van der Waals surface area contributed by atoms with Crippen molar-refractivity contribution in [2.45, 2.75) is 50.5 Å². The highest BCUT2D eigenvalue weighted by atomic mass is 16.6. The largest absolute Gasteiger partial charge is 0.366 e. The van der Waals surface area contributed by atoms with E-state index in [0.717, 1.165) is 31.2 Å². The Morgan fingerprint density at radius 2 is 1.82 bits per heavy atom. The van der Waals surface area contributed by atoms with Gasteiger partial charge in [-0.05, 0) is 18.4 Å². The van der Waals surface area contributed by atoms with E-state index < -0.39 is 11.8 Å². The molecule has 1 atom stereocenters. The fourth-order valence-corrected chi connectivity index (χ4v) is 2.37. The standard InChI is InChI=1S/C14H21NO2/c15-14(9-5-2-6-10-14)13(16)17-11-12-7-3-1-4-8-12/h1,3-4,7-8,13,16H,2,5-6,9-11,15H2. The molecule has 0 spiro atoms. The van der Waals surface area contributed by atoms with E-state index in [-0.39, 0.29) is 0 Å². The maximum absolute atomic E-state index is 10.0. The predicted molar refractivity (Wildman–Crippen MR) is 67.2 cm³/mol. The summed E-state index contributed by atoms with van der Waals surface area (Å²) in [6, 6.07) is 9.85. The summed E-state index contributed by atoms with van der Waals surface area (Å²) in [7, 11) is 0. The molecule has 0 aliphatic heterocycles. The Morgan fingerprint density at radius 1 is 1.18 bits per heavy atom. The summed E-state index contributed by atoms with van der Waals surface area (Å²) in [5, 5.41) is 10.0. The molecular weight excluding hydrogens is 214 g/mol. The molecule has 1 saturated carbocycles. The zero-order valence-corrected chi connectivity index (χ0v) is 10.1. The quantitative estimate of drug-likeness (QED) is 0.786. The smallest absolute Gasteiger partial charge is 0.173 e. The molecule has 1 fully saturated rings. The summed E-state index contributed by atoms with van der Waals surface area (Å²) in [5.74, 6) is 0. The Bertz CT molecular complexity index is 333. The maximum Gasteiger partial charge on any atom is 0.173 e. The van der Waals surface area contributed by atoms with E-state index in [0.29, 0.717) is 6.61 Å². The Hall–Kier alpha value is -0.900. The molecule has 0 bridgehead atoms. The number of aliphatic hydroxyl groups is 1. The van der Waals surface area contributed by atoms with Crippen molar-refractivity contribution >= 4 is 0 Å². The first-order valence-corrected chi connectivity index (χ1v) is 6.33. The summed E-state index contributed by atoms with van der Waals surface area (Å²) in [6.07, 6.45) is 4.23. The van der Waals surface area contributed by atoms with Crippen molar-refractivity contribution < 1.29 is 9.84 Å². The molecule has 1 unspecified atom stereocenters. The molecule has 1 aromatic rings. The van der Waals surface area contributed by atoms with Crippen molar-refractivity contribution in [3.05, 3.63) is 35.9 Å². The molecule has 0 aromatic heterocycles. The Labute approximate surface area is 103 Å². The van der Waals surface area contributed by atoms with Crippen LogP contribution in [-0.2, 0) is 11.3 Å². The third-order valence-corrected chi connectivity index (χ3v) is 3.53. The van der Waals surface area contributed by atoms with E-state index in [1.54, 1.807) is 0 Å². The minimum atomic E-state index is -0.858. The summed E-state index contributed by atoms with van der Waals surface area (Å²) in [5.41, 5.74) is 6.70. The van der Waals surface area contributed by atoms with Gasteiger partial charge in [-0.25, -0.2) is 0 Å². The van der Waals surface area contributed by atoms with Crippen molar-refractivity contribution in [1.82, 2.24) is 0 Å². The van der Waals surface area contributed by atoms with Gasteiger partial charge in [0.15, 0.2) is 6.29 Å². The summed E-state index contributed by atoms with van der Waals surface area (Å²) < 4.78 is 5.50. The van der Waals surface area contributed by atoms with Crippen LogP contribution >= 0.6 is 0 Å². The molecule has 1 aliphatic rings. The molecular formula is C14H21NO2. The van der Waals surface area contributed by atoms with Gasteiger partial charge in [0.2, 0.25) is 0 Å². The van der Waals surface area contributed by atoms with Crippen LogP contribution in [0.4, 0.5) is 0 Å². The second-order valence-corrected chi connectivity index (χ2v) is 4.94. The number of aliphatic hydroxyl groups excluding tert-OH is 1. The molecule has 0 saturated heterocycles. The van der Waals surface area contributed by atoms with Crippen molar-refractivity contribution in [1.29, 1.82) is 0 Å². The molecule has 1 aromatic carbocycles. The molecule has 3 heteroatoms. The lowest BCUT2D eigenvalue weighted by atomic mass is 9.82. The van der Waals surface area contributed by atoms with Crippen LogP contribution in [0.15, 0.2) is 30.3 Å². The van der Waals surface area contributed by atoms with Gasteiger partial charge in [-0.3, -0.25) is 0 Å². The fraction of sp³-hybridized carbons (Fsp3) is 0.571. The average molecular weight is 235 g/mol.